The van der Waals surface area contributed by atoms with Gasteiger partial charge in [0.1, 0.15) is 9.88 Å². The van der Waals surface area contributed by atoms with Crippen LogP contribution < -0.4 is 0 Å². The van der Waals surface area contributed by atoms with Crippen LogP contribution in [0.25, 0.3) is 10.6 Å². The van der Waals surface area contributed by atoms with E-state index in [0.29, 0.717) is 6.04 Å². The summed E-state index contributed by atoms with van der Waals surface area (Å²) in [6, 6.07) is 2.55. The molecule has 1 aliphatic carbocycles. The Balaban J connectivity index is 1.61. The van der Waals surface area contributed by atoms with E-state index in [1.165, 1.54) is 32.1 Å². The van der Waals surface area contributed by atoms with E-state index in [9.17, 15) is 4.79 Å². The fourth-order valence-corrected chi connectivity index (χ4v) is 5.85. The lowest BCUT2D eigenvalue weighted by molar-refractivity contribution is 0.0394. The third-order valence-corrected chi connectivity index (χ3v) is 7.14. The average molecular weight is 347 g/mol. The highest BCUT2D eigenvalue weighted by molar-refractivity contribution is 7.17. The van der Waals surface area contributed by atoms with Gasteiger partial charge in [-0.05, 0) is 50.0 Å². The quantitative estimate of drug-likeness (QED) is 0.769. The van der Waals surface area contributed by atoms with Crippen molar-refractivity contribution in [2.24, 2.45) is 5.92 Å². The van der Waals surface area contributed by atoms with E-state index in [1.54, 1.807) is 22.7 Å². The van der Waals surface area contributed by atoms with Gasteiger partial charge in [0.25, 0.3) is 5.91 Å². The first-order valence-electron chi connectivity index (χ1n) is 8.55. The number of piperidine rings is 1. The van der Waals surface area contributed by atoms with Crippen molar-refractivity contribution in [3.63, 3.8) is 0 Å². The number of likely N-dealkylation sites (tertiary alicyclic amines) is 1. The number of aromatic nitrogens is 1. The minimum absolute atomic E-state index is 0.220. The van der Waals surface area contributed by atoms with Gasteiger partial charge >= 0.3 is 0 Å². The van der Waals surface area contributed by atoms with E-state index in [0.717, 1.165) is 40.0 Å². The summed E-state index contributed by atoms with van der Waals surface area (Å²) in [4.78, 5) is 20.8. The summed E-state index contributed by atoms with van der Waals surface area (Å²) in [5, 5.41) is 5.14. The van der Waals surface area contributed by atoms with Crippen LogP contribution in [0.4, 0.5) is 0 Å². The second kappa shape index (κ2) is 6.36. The summed E-state index contributed by atoms with van der Waals surface area (Å²) >= 11 is 3.23. The molecule has 0 bridgehead atoms. The zero-order valence-electron chi connectivity index (χ0n) is 13.5. The smallest absolute Gasteiger partial charge is 0.266 e. The van der Waals surface area contributed by atoms with Crippen LogP contribution in [0.1, 0.15) is 53.9 Å². The molecule has 23 heavy (non-hydrogen) atoms. The van der Waals surface area contributed by atoms with Crippen molar-refractivity contribution < 1.29 is 4.79 Å². The Bertz CT molecular complexity index is 690. The number of nitrogens with zero attached hydrogens (tertiary/aromatic N) is 2. The minimum atomic E-state index is 0.220. The molecule has 1 saturated heterocycles. The number of carbonyl (C=O) groups is 1. The fourth-order valence-electron chi connectivity index (χ4n) is 4.11. The molecule has 2 unspecified atom stereocenters. The van der Waals surface area contributed by atoms with Crippen LogP contribution in [0.5, 0.6) is 0 Å². The van der Waals surface area contributed by atoms with Crippen LogP contribution in [0.3, 0.4) is 0 Å². The average Bonchev–Trinajstić information content (AvgIpc) is 3.23. The topological polar surface area (TPSA) is 33.2 Å². The molecule has 3 heterocycles. The molecule has 1 aliphatic heterocycles. The van der Waals surface area contributed by atoms with Gasteiger partial charge in [-0.25, -0.2) is 4.98 Å². The van der Waals surface area contributed by atoms with Crippen LogP contribution in [-0.2, 0) is 0 Å². The molecule has 0 N–H and O–H groups in total. The van der Waals surface area contributed by atoms with E-state index in [4.69, 9.17) is 0 Å². The zero-order valence-corrected chi connectivity index (χ0v) is 15.1. The second-order valence-electron chi connectivity index (χ2n) is 6.70. The summed E-state index contributed by atoms with van der Waals surface area (Å²) in [5.74, 6) is 0.948. The molecule has 4 rings (SSSR count). The number of thiophene rings is 1. The largest absolute Gasteiger partial charge is 0.335 e. The SMILES string of the molecule is Cc1nc(-c2ccsc2)sc1C(=O)N1CCCC2CCCCC21. The van der Waals surface area contributed by atoms with Gasteiger partial charge in [-0.1, -0.05) is 12.8 Å². The molecule has 2 aromatic heterocycles. The number of hydrogen-bond donors (Lipinski definition) is 0. The van der Waals surface area contributed by atoms with E-state index in [1.807, 2.05) is 6.92 Å². The molecule has 2 atom stereocenters. The maximum Gasteiger partial charge on any atom is 0.266 e. The van der Waals surface area contributed by atoms with Gasteiger partial charge in [-0.3, -0.25) is 4.79 Å². The molecule has 0 spiro atoms. The first-order chi connectivity index (χ1) is 11.2. The van der Waals surface area contributed by atoms with Gasteiger partial charge in [0.05, 0.1) is 5.69 Å². The van der Waals surface area contributed by atoms with E-state index in [2.05, 4.69) is 26.7 Å². The van der Waals surface area contributed by atoms with Crippen LogP contribution in [-0.4, -0.2) is 28.4 Å². The number of thiazole rings is 1. The Labute approximate surface area is 145 Å². The number of aryl methyl sites for hydroxylation is 1. The van der Waals surface area contributed by atoms with E-state index < -0.39 is 0 Å². The number of rotatable bonds is 2. The zero-order chi connectivity index (χ0) is 15.8. The van der Waals surface area contributed by atoms with Gasteiger partial charge < -0.3 is 4.90 Å². The number of amides is 1. The van der Waals surface area contributed by atoms with Gasteiger partial charge in [0.2, 0.25) is 0 Å². The van der Waals surface area contributed by atoms with Crippen LogP contribution >= 0.6 is 22.7 Å². The highest BCUT2D eigenvalue weighted by atomic mass is 32.1. The normalized spacial score (nSPS) is 24.5. The Morgan fingerprint density at radius 3 is 2.91 bits per heavy atom. The standard InChI is InChI=1S/C18H22N2OS2/c1-12-16(23-17(19-12)14-8-10-22-11-14)18(21)20-9-4-6-13-5-2-3-7-15(13)20/h8,10-11,13,15H,2-7,9H2,1H3. The predicted molar refractivity (Wildman–Crippen MR) is 96.2 cm³/mol. The third-order valence-electron chi connectivity index (χ3n) is 5.26. The summed E-state index contributed by atoms with van der Waals surface area (Å²) in [6.45, 7) is 2.90. The lowest BCUT2D eigenvalue weighted by Crippen LogP contribution is -2.49. The van der Waals surface area contributed by atoms with Gasteiger partial charge in [-0.15, -0.1) is 11.3 Å². The van der Waals surface area contributed by atoms with Crippen molar-refractivity contribution in [2.75, 3.05) is 6.54 Å². The lowest BCUT2D eigenvalue weighted by Gasteiger charge is -2.44. The first kappa shape index (κ1) is 15.3. The maximum atomic E-state index is 13.2. The lowest BCUT2D eigenvalue weighted by atomic mass is 9.78. The van der Waals surface area contributed by atoms with Crippen molar-refractivity contribution >= 4 is 28.6 Å². The van der Waals surface area contributed by atoms with Crippen LogP contribution in [0.2, 0.25) is 0 Å². The molecule has 5 heteroatoms. The molecular formula is C18H22N2OS2. The van der Waals surface area contributed by atoms with E-state index in [-0.39, 0.29) is 5.91 Å². The summed E-state index contributed by atoms with van der Waals surface area (Å²) < 4.78 is 0. The Morgan fingerprint density at radius 2 is 2.09 bits per heavy atom. The van der Waals surface area contributed by atoms with Crippen LogP contribution in [0.15, 0.2) is 16.8 Å². The molecule has 2 fully saturated rings. The monoisotopic (exact) mass is 346 g/mol. The fraction of sp³-hybridized carbons (Fsp3) is 0.556. The van der Waals surface area contributed by atoms with Gasteiger partial charge in [0, 0.05) is 23.5 Å². The van der Waals surface area contributed by atoms with Crippen molar-refractivity contribution in [1.82, 2.24) is 9.88 Å². The summed E-state index contributed by atoms with van der Waals surface area (Å²) in [6.07, 6.45) is 7.55. The maximum absolute atomic E-state index is 13.2. The Kier molecular flexibility index (Phi) is 4.24. The Hall–Kier alpha value is -1.20. The van der Waals surface area contributed by atoms with Gasteiger partial charge in [-0.2, -0.15) is 11.3 Å². The Morgan fingerprint density at radius 1 is 1.26 bits per heavy atom. The van der Waals surface area contributed by atoms with Crippen LogP contribution in [0, 0.1) is 12.8 Å². The molecule has 3 nitrogen and oxygen atoms in total. The molecule has 1 amide bonds. The number of carbonyl (C=O) groups excluding carboxylic acids is 1. The molecule has 2 aromatic rings. The third kappa shape index (κ3) is 2.85. The first-order valence-corrected chi connectivity index (χ1v) is 10.3. The second-order valence-corrected chi connectivity index (χ2v) is 8.48. The van der Waals surface area contributed by atoms with Crippen molar-refractivity contribution in [1.29, 1.82) is 0 Å². The van der Waals surface area contributed by atoms with Crippen molar-refractivity contribution in [3.8, 4) is 10.6 Å². The number of hydrogen-bond acceptors (Lipinski definition) is 4. The van der Waals surface area contributed by atoms with Gasteiger partial charge in [0.15, 0.2) is 0 Å². The summed E-state index contributed by atoms with van der Waals surface area (Å²) in [5.41, 5.74) is 2.02. The predicted octanol–water partition coefficient (Wildman–Crippen LogP) is 4.97. The van der Waals surface area contributed by atoms with Crippen molar-refractivity contribution in [2.45, 2.75) is 51.5 Å². The number of fused-ring (bicyclic) bond motifs is 1. The highest BCUT2D eigenvalue weighted by Crippen LogP contribution is 2.37. The molecular weight excluding hydrogens is 324 g/mol. The molecule has 122 valence electrons. The minimum Gasteiger partial charge on any atom is -0.335 e. The van der Waals surface area contributed by atoms with Crippen molar-refractivity contribution in [3.05, 3.63) is 27.4 Å². The van der Waals surface area contributed by atoms with E-state index >= 15 is 0 Å². The molecule has 1 saturated carbocycles. The molecule has 0 radical (unpaired) electrons. The molecule has 0 aromatic carbocycles. The molecule has 2 aliphatic rings. The summed E-state index contributed by atoms with van der Waals surface area (Å²) in [7, 11) is 0. The highest BCUT2D eigenvalue weighted by Gasteiger charge is 2.37.